The van der Waals surface area contributed by atoms with Crippen molar-refractivity contribution in [2.75, 3.05) is 11.9 Å². The first kappa shape index (κ1) is 14.4. The lowest BCUT2D eigenvalue weighted by atomic mass is 9.63. The molecule has 2 rings (SSSR count). The number of imidazole rings is 1. The standard InChI is InChI=1S/C16H29N3/c1-7-17-14-18-12(2)10-19(14)13-8-15(3,4)11-16(5,6)9-13/h10,13H,7-9,11H2,1-6H3,(H,17,18). The monoisotopic (exact) mass is 263 g/mol. The zero-order valence-corrected chi connectivity index (χ0v) is 13.4. The first-order valence-corrected chi connectivity index (χ1v) is 7.52. The molecule has 0 aliphatic heterocycles. The Balaban J connectivity index is 2.30. The number of aryl methyl sites for hydroxylation is 1. The summed E-state index contributed by atoms with van der Waals surface area (Å²) in [5, 5.41) is 3.40. The summed E-state index contributed by atoms with van der Waals surface area (Å²) in [5.74, 6) is 1.04. The van der Waals surface area contributed by atoms with Gasteiger partial charge in [-0.25, -0.2) is 4.98 Å². The summed E-state index contributed by atoms with van der Waals surface area (Å²) in [7, 11) is 0. The van der Waals surface area contributed by atoms with E-state index in [1.54, 1.807) is 0 Å². The maximum absolute atomic E-state index is 4.62. The second kappa shape index (κ2) is 4.84. The van der Waals surface area contributed by atoms with Crippen LogP contribution in [0.15, 0.2) is 6.20 Å². The van der Waals surface area contributed by atoms with Crippen molar-refractivity contribution in [3.63, 3.8) is 0 Å². The summed E-state index contributed by atoms with van der Waals surface area (Å²) >= 11 is 0. The summed E-state index contributed by atoms with van der Waals surface area (Å²) in [5.41, 5.74) is 1.93. The van der Waals surface area contributed by atoms with Gasteiger partial charge in [0, 0.05) is 18.8 Å². The Morgan fingerprint density at radius 3 is 2.37 bits per heavy atom. The average molecular weight is 263 g/mol. The molecule has 0 spiro atoms. The summed E-state index contributed by atoms with van der Waals surface area (Å²) in [6.07, 6.45) is 6.00. The Kier molecular flexibility index (Phi) is 3.67. The van der Waals surface area contributed by atoms with Crippen LogP contribution in [0, 0.1) is 17.8 Å². The SMILES string of the molecule is CCNc1nc(C)cn1C1CC(C)(C)CC(C)(C)C1. The first-order chi connectivity index (χ1) is 8.72. The van der Waals surface area contributed by atoms with Gasteiger partial charge in [0.25, 0.3) is 0 Å². The highest BCUT2D eigenvalue weighted by atomic mass is 15.2. The fourth-order valence-electron chi connectivity index (χ4n) is 4.07. The molecule has 1 heterocycles. The number of hydrogen-bond acceptors (Lipinski definition) is 2. The van der Waals surface area contributed by atoms with Gasteiger partial charge in [-0.3, -0.25) is 0 Å². The van der Waals surface area contributed by atoms with E-state index in [1.807, 2.05) is 0 Å². The van der Waals surface area contributed by atoms with Gasteiger partial charge >= 0.3 is 0 Å². The molecule has 0 bridgehead atoms. The molecule has 0 saturated heterocycles. The van der Waals surface area contributed by atoms with Crippen LogP contribution in [0.2, 0.25) is 0 Å². The second-order valence-corrected chi connectivity index (χ2v) is 7.71. The van der Waals surface area contributed by atoms with Crippen LogP contribution in [0.5, 0.6) is 0 Å². The van der Waals surface area contributed by atoms with Crippen LogP contribution in [0.3, 0.4) is 0 Å². The van der Waals surface area contributed by atoms with Gasteiger partial charge in [0.15, 0.2) is 0 Å². The Morgan fingerprint density at radius 2 is 1.84 bits per heavy atom. The predicted molar refractivity (Wildman–Crippen MR) is 81.6 cm³/mol. The van der Waals surface area contributed by atoms with E-state index >= 15 is 0 Å². The molecule has 1 aromatic rings. The minimum Gasteiger partial charge on any atom is -0.356 e. The van der Waals surface area contributed by atoms with E-state index in [4.69, 9.17) is 0 Å². The molecule has 1 aliphatic carbocycles. The van der Waals surface area contributed by atoms with Crippen molar-refractivity contribution < 1.29 is 0 Å². The van der Waals surface area contributed by atoms with Gasteiger partial charge in [-0.2, -0.15) is 0 Å². The minimum atomic E-state index is 0.411. The van der Waals surface area contributed by atoms with Crippen molar-refractivity contribution in [3.8, 4) is 0 Å². The topological polar surface area (TPSA) is 29.9 Å². The quantitative estimate of drug-likeness (QED) is 0.876. The summed E-state index contributed by atoms with van der Waals surface area (Å²) in [6, 6.07) is 0.564. The molecule has 1 aliphatic rings. The van der Waals surface area contributed by atoms with Crippen LogP contribution in [-0.4, -0.2) is 16.1 Å². The van der Waals surface area contributed by atoms with Gasteiger partial charge < -0.3 is 9.88 Å². The van der Waals surface area contributed by atoms with E-state index in [0.717, 1.165) is 18.2 Å². The lowest BCUT2D eigenvalue weighted by Gasteiger charge is -2.45. The molecule has 3 nitrogen and oxygen atoms in total. The molecule has 0 aromatic carbocycles. The third kappa shape index (κ3) is 3.31. The lowest BCUT2D eigenvalue weighted by molar-refractivity contribution is 0.0730. The van der Waals surface area contributed by atoms with Gasteiger partial charge in [0.1, 0.15) is 0 Å². The van der Waals surface area contributed by atoms with Crippen LogP contribution in [0.4, 0.5) is 5.95 Å². The van der Waals surface area contributed by atoms with Crippen molar-refractivity contribution in [1.82, 2.24) is 9.55 Å². The summed E-state index contributed by atoms with van der Waals surface area (Å²) in [4.78, 5) is 4.62. The molecule has 0 amide bonds. The molecule has 1 fully saturated rings. The van der Waals surface area contributed by atoms with Crippen molar-refractivity contribution >= 4 is 5.95 Å². The van der Waals surface area contributed by atoms with Gasteiger partial charge in [-0.05, 0) is 43.9 Å². The normalized spacial score (nSPS) is 22.4. The Hall–Kier alpha value is -0.990. The highest BCUT2D eigenvalue weighted by Gasteiger charge is 2.39. The molecular weight excluding hydrogens is 234 g/mol. The zero-order chi connectivity index (χ0) is 14.3. The van der Waals surface area contributed by atoms with Crippen LogP contribution in [0.1, 0.15) is 65.6 Å². The predicted octanol–water partition coefficient (Wildman–Crippen LogP) is 4.40. The molecule has 19 heavy (non-hydrogen) atoms. The zero-order valence-electron chi connectivity index (χ0n) is 13.4. The third-order valence-electron chi connectivity index (χ3n) is 4.11. The van der Waals surface area contributed by atoms with Crippen LogP contribution >= 0.6 is 0 Å². The maximum atomic E-state index is 4.62. The Morgan fingerprint density at radius 1 is 1.26 bits per heavy atom. The molecule has 1 saturated carbocycles. The molecule has 0 unspecified atom stereocenters. The van der Waals surface area contributed by atoms with Gasteiger partial charge in [0.2, 0.25) is 5.95 Å². The third-order valence-corrected chi connectivity index (χ3v) is 4.11. The average Bonchev–Trinajstić information content (AvgIpc) is 2.55. The van der Waals surface area contributed by atoms with E-state index in [-0.39, 0.29) is 0 Å². The van der Waals surface area contributed by atoms with Crippen LogP contribution in [-0.2, 0) is 0 Å². The molecule has 0 radical (unpaired) electrons. The number of aromatic nitrogens is 2. The van der Waals surface area contributed by atoms with Crippen LogP contribution in [0.25, 0.3) is 0 Å². The fourth-order valence-corrected chi connectivity index (χ4v) is 4.07. The molecular formula is C16H29N3. The Labute approximate surface area is 117 Å². The van der Waals surface area contributed by atoms with Gasteiger partial charge in [-0.1, -0.05) is 27.7 Å². The van der Waals surface area contributed by atoms with Crippen molar-refractivity contribution in [2.45, 2.75) is 66.8 Å². The minimum absolute atomic E-state index is 0.411. The smallest absolute Gasteiger partial charge is 0.203 e. The fraction of sp³-hybridized carbons (Fsp3) is 0.812. The van der Waals surface area contributed by atoms with E-state index in [0.29, 0.717) is 16.9 Å². The highest BCUT2D eigenvalue weighted by Crippen LogP contribution is 2.50. The summed E-state index contributed by atoms with van der Waals surface area (Å²) in [6.45, 7) is 14.7. The van der Waals surface area contributed by atoms with Crippen molar-refractivity contribution in [2.24, 2.45) is 10.8 Å². The first-order valence-electron chi connectivity index (χ1n) is 7.52. The van der Waals surface area contributed by atoms with E-state index in [1.165, 1.54) is 19.3 Å². The number of nitrogens with zero attached hydrogens (tertiary/aromatic N) is 2. The van der Waals surface area contributed by atoms with Crippen molar-refractivity contribution in [3.05, 3.63) is 11.9 Å². The maximum Gasteiger partial charge on any atom is 0.203 e. The lowest BCUT2D eigenvalue weighted by Crippen LogP contribution is -2.35. The van der Waals surface area contributed by atoms with E-state index in [2.05, 4.69) is 62.6 Å². The molecule has 108 valence electrons. The van der Waals surface area contributed by atoms with E-state index in [9.17, 15) is 0 Å². The Bertz CT molecular complexity index is 427. The molecule has 3 heteroatoms. The number of nitrogens with one attached hydrogen (secondary N) is 1. The number of rotatable bonds is 3. The number of anilines is 1. The second-order valence-electron chi connectivity index (χ2n) is 7.71. The van der Waals surface area contributed by atoms with Crippen molar-refractivity contribution in [1.29, 1.82) is 0 Å². The largest absolute Gasteiger partial charge is 0.356 e. The summed E-state index contributed by atoms with van der Waals surface area (Å²) < 4.78 is 2.38. The van der Waals surface area contributed by atoms with E-state index < -0.39 is 0 Å². The molecule has 1 N–H and O–H groups in total. The molecule has 1 aromatic heterocycles. The number of hydrogen-bond donors (Lipinski definition) is 1. The van der Waals surface area contributed by atoms with Gasteiger partial charge in [-0.15, -0.1) is 0 Å². The van der Waals surface area contributed by atoms with Gasteiger partial charge in [0.05, 0.1) is 5.69 Å². The highest BCUT2D eigenvalue weighted by molar-refractivity contribution is 5.29. The molecule has 0 atom stereocenters. The van der Waals surface area contributed by atoms with Crippen LogP contribution < -0.4 is 5.32 Å².